The fraction of sp³-hybridized carbons (Fsp3) is 0.412. The molecule has 6 nitrogen and oxygen atoms in total. The highest BCUT2D eigenvalue weighted by molar-refractivity contribution is 5.73. The summed E-state index contributed by atoms with van der Waals surface area (Å²) < 4.78 is 1.79. The van der Waals surface area contributed by atoms with Gasteiger partial charge in [0.1, 0.15) is 0 Å². The number of hydrogen-bond donors (Lipinski definition) is 3. The van der Waals surface area contributed by atoms with Crippen molar-refractivity contribution in [2.24, 2.45) is 5.92 Å². The van der Waals surface area contributed by atoms with E-state index in [1.807, 2.05) is 43.5 Å². The van der Waals surface area contributed by atoms with Crippen LogP contribution in [-0.2, 0) is 6.54 Å². The SMILES string of the molecule is CC(O)CC(C)CNC(=O)NCc1ccc(-n2cccn2)cc1. The number of nitrogens with zero attached hydrogens (tertiary/aromatic N) is 2. The van der Waals surface area contributed by atoms with Gasteiger partial charge in [-0.2, -0.15) is 5.10 Å². The predicted octanol–water partition coefficient (Wildman–Crippen LogP) is 2.08. The Morgan fingerprint density at radius 2 is 2.00 bits per heavy atom. The van der Waals surface area contributed by atoms with Crippen molar-refractivity contribution in [1.29, 1.82) is 0 Å². The number of aliphatic hydroxyl groups is 1. The monoisotopic (exact) mass is 316 g/mol. The van der Waals surface area contributed by atoms with Gasteiger partial charge in [-0.15, -0.1) is 0 Å². The van der Waals surface area contributed by atoms with Crippen LogP contribution >= 0.6 is 0 Å². The normalized spacial score (nSPS) is 13.3. The molecule has 124 valence electrons. The molecule has 6 heteroatoms. The van der Waals surface area contributed by atoms with Crippen LogP contribution in [0.15, 0.2) is 42.7 Å². The molecule has 0 bridgehead atoms. The summed E-state index contributed by atoms with van der Waals surface area (Å²) in [6.07, 6.45) is 3.95. The number of nitrogens with one attached hydrogen (secondary N) is 2. The van der Waals surface area contributed by atoms with Gasteiger partial charge in [0.05, 0.1) is 11.8 Å². The number of carbonyl (C=O) groups is 1. The second-order valence-electron chi connectivity index (χ2n) is 5.87. The molecule has 1 heterocycles. The molecule has 0 spiro atoms. The third kappa shape index (κ3) is 5.75. The summed E-state index contributed by atoms with van der Waals surface area (Å²) in [6, 6.07) is 9.54. The Morgan fingerprint density at radius 3 is 2.61 bits per heavy atom. The van der Waals surface area contributed by atoms with Crippen LogP contribution in [0.5, 0.6) is 0 Å². The molecule has 1 aromatic carbocycles. The summed E-state index contributed by atoms with van der Waals surface area (Å²) in [5.41, 5.74) is 2.00. The molecular weight excluding hydrogens is 292 g/mol. The molecule has 23 heavy (non-hydrogen) atoms. The van der Waals surface area contributed by atoms with Crippen molar-refractivity contribution in [1.82, 2.24) is 20.4 Å². The number of carbonyl (C=O) groups excluding carboxylic acids is 1. The molecular formula is C17H24N4O2. The van der Waals surface area contributed by atoms with E-state index in [4.69, 9.17) is 0 Å². The highest BCUT2D eigenvalue weighted by atomic mass is 16.3. The van der Waals surface area contributed by atoms with Gasteiger partial charge in [-0.3, -0.25) is 0 Å². The van der Waals surface area contributed by atoms with E-state index < -0.39 is 0 Å². The third-order valence-corrected chi connectivity index (χ3v) is 3.51. The van der Waals surface area contributed by atoms with Gasteiger partial charge in [0.25, 0.3) is 0 Å². The van der Waals surface area contributed by atoms with E-state index in [9.17, 15) is 9.90 Å². The second-order valence-corrected chi connectivity index (χ2v) is 5.87. The van der Waals surface area contributed by atoms with Crippen molar-refractivity contribution in [3.05, 3.63) is 48.3 Å². The van der Waals surface area contributed by atoms with Gasteiger partial charge in [-0.05, 0) is 43.0 Å². The van der Waals surface area contributed by atoms with Crippen LogP contribution in [0.1, 0.15) is 25.8 Å². The van der Waals surface area contributed by atoms with Gasteiger partial charge < -0.3 is 15.7 Å². The van der Waals surface area contributed by atoms with Crippen molar-refractivity contribution >= 4 is 6.03 Å². The quantitative estimate of drug-likeness (QED) is 0.732. The first-order valence-electron chi connectivity index (χ1n) is 7.83. The number of amides is 2. The summed E-state index contributed by atoms with van der Waals surface area (Å²) in [4.78, 5) is 11.8. The first-order valence-corrected chi connectivity index (χ1v) is 7.83. The fourth-order valence-corrected chi connectivity index (χ4v) is 2.37. The van der Waals surface area contributed by atoms with E-state index in [-0.39, 0.29) is 18.1 Å². The predicted molar refractivity (Wildman–Crippen MR) is 89.3 cm³/mol. The van der Waals surface area contributed by atoms with Crippen molar-refractivity contribution < 1.29 is 9.90 Å². The lowest BCUT2D eigenvalue weighted by Gasteiger charge is -2.14. The summed E-state index contributed by atoms with van der Waals surface area (Å²) in [5.74, 6) is 0.245. The first-order chi connectivity index (χ1) is 11.0. The number of aromatic nitrogens is 2. The minimum Gasteiger partial charge on any atom is -0.393 e. The number of aliphatic hydroxyl groups excluding tert-OH is 1. The van der Waals surface area contributed by atoms with E-state index >= 15 is 0 Å². The number of urea groups is 1. The minimum atomic E-state index is -0.344. The van der Waals surface area contributed by atoms with Crippen LogP contribution in [0.3, 0.4) is 0 Å². The minimum absolute atomic E-state index is 0.196. The number of rotatable bonds is 7. The smallest absolute Gasteiger partial charge is 0.315 e. The second kappa shape index (κ2) is 8.33. The summed E-state index contributed by atoms with van der Waals surface area (Å²) >= 11 is 0. The first kappa shape index (κ1) is 17.0. The zero-order chi connectivity index (χ0) is 16.7. The van der Waals surface area contributed by atoms with Crippen molar-refractivity contribution in [2.75, 3.05) is 6.54 Å². The Kier molecular flexibility index (Phi) is 6.17. The molecule has 0 aliphatic heterocycles. The largest absolute Gasteiger partial charge is 0.393 e. The van der Waals surface area contributed by atoms with Crippen molar-refractivity contribution in [3.8, 4) is 5.69 Å². The Morgan fingerprint density at radius 1 is 1.26 bits per heavy atom. The van der Waals surface area contributed by atoms with E-state index in [0.29, 0.717) is 19.5 Å². The summed E-state index contributed by atoms with van der Waals surface area (Å²) in [5, 5.41) is 19.1. The molecule has 2 atom stereocenters. The van der Waals surface area contributed by atoms with E-state index in [2.05, 4.69) is 15.7 Å². The molecule has 0 radical (unpaired) electrons. The van der Waals surface area contributed by atoms with E-state index in [1.165, 1.54) is 0 Å². The average Bonchev–Trinajstić information content (AvgIpc) is 3.05. The molecule has 2 aromatic rings. The summed E-state index contributed by atoms with van der Waals surface area (Å²) in [7, 11) is 0. The molecule has 3 N–H and O–H groups in total. The molecule has 0 saturated carbocycles. The zero-order valence-corrected chi connectivity index (χ0v) is 13.6. The standard InChI is InChI=1S/C17H24N4O2/c1-13(10-14(2)22)11-18-17(23)19-12-15-4-6-16(7-5-15)21-9-3-8-20-21/h3-9,13-14,22H,10-12H2,1-2H3,(H2,18,19,23). The average molecular weight is 316 g/mol. The van der Waals surface area contributed by atoms with Crippen LogP contribution < -0.4 is 10.6 Å². The third-order valence-electron chi connectivity index (χ3n) is 3.51. The lowest BCUT2D eigenvalue weighted by Crippen LogP contribution is -2.37. The summed E-state index contributed by atoms with van der Waals surface area (Å²) in [6.45, 7) is 4.77. The van der Waals surface area contributed by atoms with Crippen LogP contribution in [0.2, 0.25) is 0 Å². The van der Waals surface area contributed by atoms with E-state index in [1.54, 1.807) is 17.8 Å². The highest BCUT2D eigenvalue weighted by Gasteiger charge is 2.08. The lowest BCUT2D eigenvalue weighted by molar-refractivity contribution is 0.163. The maximum Gasteiger partial charge on any atom is 0.315 e. The number of benzene rings is 1. The van der Waals surface area contributed by atoms with Crippen molar-refractivity contribution in [3.63, 3.8) is 0 Å². The Labute approximate surface area is 136 Å². The highest BCUT2D eigenvalue weighted by Crippen LogP contribution is 2.08. The van der Waals surface area contributed by atoms with Crippen LogP contribution in [0, 0.1) is 5.92 Å². The topological polar surface area (TPSA) is 79.2 Å². The Bertz CT molecular complexity index is 594. The van der Waals surface area contributed by atoms with Gasteiger partial charge in [0, 0.05) is 25.5 Å². The lowest BCUT2D eigenvalue weighted by atomic mass is 10.1. The molecule has 1 aromatic heterocycles. The van der Waals surface area contributed by atoms with Gasteiger partial charge in [0.15, 0.2) is 0 Å². The molecule has 2 amide bonds. The van der Waals surface area contributed by atoms with Gasteiger partial charge in [0.2, 0.25) is 0 Å². The van der Waals surface area contributed by atoms with Gasteiger partial charge in [-0.25, -0.2) is 9.48 Å². The van der Waals surface area contributed by atoms with Crippen LogP contribution in [0.4, 0.5) is 4.79 Å². The Balaban J connectivity index is 1.74. The fourth-order valence-electron chi connectivity index (χ4n) is 2.37. The molecule has 2 rings (SSSR count). The van der Waals surface area contributed by atoms with Crippen LogP contribution in [-0.4, -0.2) is 33.6 Å². The van der Waals surface area contributed by atoms with Gasteiger partial charge in [-0.1, -0.05) is 19.1 Å². The molecule has 0 saturated heterocycles. The van der Waals surface area contributed by atoms with Crippen molar-refractivity contribution in [2.45, 2.75) is 32.9 Å². The molecule has 0 aliphatic rings. The van der Waals surface area contributed by atoms with Crippen LogP contribution in [0.25, 0.3) is 5.69 Å². The molecule has 0 fully saturated rings. The maximum atomic E-state index is 11.8. The molecule has 2 unspecified atom stereocenters. The zero-order valence-electron chi connectivity index (χ0n) is 13.6. The number of hydrogen-bond acceptors (Lipinski definition) is 3. The van der Waals surface area contributed by atoms with E-state index in [0.717, 1.165) is 11.3 Å². The molecule has 0 aliphatic carbocycles. The maximum absolute atomic E-state index is 11.8. The van der Waals surface area contributed by atoms with Gasteiger partial charge >= 0.3 is 6.03 Å². The Hall–Kier alpha value is -2.34.